The van der Waals surface area contributed by atoms with Crippen molar-refractivity contribution in [3.8, 4) is 0 Å². The first-order chi connectivity index (χ1) is 11.2. The molecule has 1 rings (SSSR count). The second kappa shape index (κ2) is 9.18. The molecule has 10 nitrogen and oxygen atoms in total. The summed E-state index contributed by atoms with van der Waals surface area (Å²) in [4.78, 5) is 46.2. The van der Waals surface area contributed by atoms with Crippen molar-refractivity contribution in [2.45, 2.75) is 50.9 Å². The number of amides is 3. The number of rotatable bonds is 8. The Kier molecular flexibility index (Phi) is 7.59. The van der Waals surface area contributed by atoms with Crippen LogP contribution in [0.4, 0.5) is 0 Å². The molecule has 10 heteroatoms. The maximum Gasteiger partial charge on any atom is 0.328 e. The van der Waals surface area contributed by atoms with E-state index < -0.39 is 42.5 Å². The quantitative estimate of drug-likeness (QED) is 0.280. The summed E-state index contributed by atoms with van der Waals surface area (Å²) in [6.07, 6.45) is 0.324. The lowest BCUT2D eigenvalue weighted by molar-refractivity contribution is -0.144. The number of aliphatic carboxylic acids is 1. The number of aliphatic hydroxyl groups is 1. The Morgan fingerprint density at radius 1 is 1.21 bits per heavy atom. The summed E-state index contributed by atoms with van der Waals surface area (Å²) in [5.41, 5.74) is 0. The van der Waals surface area contributed by atoms with E-state index in [0.717, 1.165) is 13.0 Å². The van der Waals surface area contributed by atoms with Gasteiger partial charge in [0, 0.05) is 0 Å². The van der Waals surface area contributed by atoms with Crippen molar-refractivity contribution in [3.05, 3.63) is 0 Å². The molecule has 136 valence electrons. The number of carboxylic acid groups (broad SMARTS) is 1. The lowest BCUT2D eigenvalue weighted by atomic mass is 10.2. The smallest absolute Gasteiger partial charge is 0.328 e. The van der Waals surface area contributed by atoms with Crippen LogP contribution in [0.1, 0.15) is 26.7 Å². The van der Waals surface area contributed by atoms with Crippen molar-refractivity contribution in [2.75, 3.05) is 13.1 Å². The molecule has 1 heterocycles. The number of carbonyl (C=O) groups is 4. The topological polar surface area (TPSA) is 157 Å². The van der Waals surface area contributed by atoms with Crippen molar-refractivity contribution < 1.29 is 29.4 Å². The highest BCUT2D eigenvalue weighted by Gasteiger charge is 2.27. The van der Waals surface area contributed by atoms with Gasteiger partial charge in [0.05, 0.1) is 18.7 Å². The van der Waals surface area contributed by atoms with Crippen LogP contribution < -0.4 is 21.3 Å². The Bertz CT molecular complexity index is 490. The molecule has 1 aliphatic rings. The van der Waals surface area contributed by atoms with Crippen LogP contribution in [0.15, 0.2) is 0 Å². The molecule has 1 fully saturated rings. The second-order valence-electron chi connectivity index (χ2n) is 5.72. The summed E-state index contributed by atoms with van der Waals surface area (Å²) in [5.74, 6) is -2.98. The van der Waals surface area contributed by atoms with Crippen molar-refractivity contribution in [1.29, 1.82) is 0 Å². The van der Waals surface area contributed by atoms with Gasteiger partial charge in [-0.25, -0.2) is 4.79 Å². The van der Waals surface area contributed by atoms with E-state index in [0.29, 0.717) is 6.42 Å². The van der Waals surface area contributed by atoms with Gasteiger partial charge < -0.3 is 31.5 Å². The summed E-state index contributed by atoms with van der Waals surface area (Å²) >= 11 is 0. The Morgan fingerprint density at radius 2 is 1.88 bits per heavy atom. The maximum atomic E-state index is 11.9. The molecule has 0 aromatic heterocycles. The summed E-state index contributed by atoms with van der Waals surface area (Å²) in [6, 6.07) is -2.61. The Labute approximate surface area is 139 Å². The molecule has 0 aromatic carbocycles. The minimum Gasteiger partial charge on any atom is -0.480 e. The zero-order valence-corrected chi connectivity index (χ0v) is 13.7. The van der Waals surface area contributed by atoms with Gasteiger partial charge in [0.15, 0.2) is 6.04 Å². The fourth-order valence-corrected chi connectivity index (χ4v) is 2.22. The van der Waals surface area contributed by atoms with Crippen LogP contribution >= 0.6 is 0 Å². The fraction of sp³-hybridized carbons (Fsp3) is 0.714. The highest BCUT2D eigenvalue weighted by atomic mass is 16.4. The van der Waals surface area contributed by atoms with E-state index in [-0.39, 0.29) is 11.9 Å². The number of carbonyl (C=O) groups excluding carboxylic acids is 3. The van der Waals surface area contributed by atoms with Crippen LogP contribution in [-0.4, -0.2) is 71.2 Å². The van der Waals surface area contributed by atoms with Crippen LogP contribution in [0, 0.1) is 0 Å². The van der Waals surface area contributed by atoms with Crippen LogP contribution in [0.25, 0.3) is 0 Å². The first-order valence-corrected chi connectivity index (χ1v) is 7.74. The van der Waals surface area contributed by atoms with E-state index in [9.17, 15) is 24.3 Å². The summed E-state index contributed by atoms with van der Waals surface area (Å²) in [5, 5.41) is 28.1. The van der Waals surface area contributed by atoms with Gasteiger partial charge in [-0.1, -0.05) is 0 Å². The maximum absolute atomic E-state index is 11.9. The molecule has 6 N–H and O–H groups in total. The summed E-state index contributed by atoms with van der Waals surface area (Å²) in [7, 11) is 0. The molecule has 0 aliphatic carbocycles. The van der Waals surface area contributed by atoms with Crippen LogP contribution in [0.5, 0.6) is 0 Å². The lowest BCUT2D eigenvalue weighted by Gasteiger charge is -2.19. The van der Waals surface area contributed by atoms with E-state index in [1.165, 1.54) is 13.8 Å². The van der Waals surface area contributed by atoms with Crippen molar-refractivity contribution in [3.63, 3.8) is 0 Å². The minimum atomic E-state index is -1.46. The molecule has 0 aromatic rings. The second-order valence-corrected chi connectivity index (χ2v) is 5.72. The van der Waals surface area contributed by atoms with E-state index >= 15 is 0 Å². The summed E-state index contributed by atoms with van der Waals surface area (Å²) in [6.45, 7) is 3.01. The highest BCUT2D eigenvalue weighted by Crippen LogP contribution is 2.04. The van der Waals surface area contributed by atoms with Crippen LogP contribution in [0.3, 0.4) is 0 Å². The third-order valence-corrected chi connectivity index (χ3v) is 3.62. The van der Waals surface area contributed by atoms with Gasteiger partial charge in [-0.05, 0) is 33.2 Å². The predicted octanol–water partition coefficient (Wildman–Crippen LogP) is -2.69. The first-order valence-electron chi connectivity index (χ1n) is 7.74. The van der Waals surface area contributed by atoms with Crippen LogP contribution in [0.2, 0.25) is 0 Å². The minimum absolute atomic E-state index is 0.278. The first kappa shape index (κ1) is 19.8. The number of carboxylic acids is 1. The Morgan fingerprint density at radius 3 is 2.38 bits per heavy atom. The predicted molar refractivity (Wildman–Crippen MR) is 82.9 cm³/mol. The number of aliphatic hydroxyl groups excluding tert-OH is 1. The van der Waals surface area contributed by atoms with Gasteiger partial charge in [-0.2, -0.15) is 0 Å². The number of hydrogen-bond acceptors (Lipinski definition) is 6. The van der Waals surface area contributed by atoms with Crippen molar-refractivity contribution in [2.24, 2.45) is 0 Å². The molecule has 3 amide bonds. The monoisotopic (exact) mass is 344 g/mol. The van der Waals surface area contributed by atoms with E-state index in [1.54, 1.807) is 0 Å². The lowest BCUT2D eigenvalue weighted by Crippen LogP contribution is -2.53. The molecule has 24 heavy (non-hydrogen) atoms. The Balaban J connectivity index is 2.37. The molecule has 4 unspecified atom stereocenters. The number of hydrogen-bond donors (Lipinski definition) is 6. The molecular formula is C14H24N4O6. The molecule has 0 spiro atoms. The molecule has 1 saturated heterocycles. The van der Waals surface area contributed by atoms with Gasteiger partial charge in [0.2, 0.25) is 17.7 Å². The SMILES string of the molecule is CC(NC(=O)C1CCCN1)C(=O)NCC(=O)NC(C(=O)O)C(C)O. The summed E-state index contributed by atoms with van der Waals surface area (Å²) < 4.78 is 0. The van der Waals surface area contributed by atoms with Gasteiger partial charge in [-0.15, -0.1) is 0 Å². The van der Waals surface area contributed by atoms with Gasteiger partial charge in [-0.3, -0.25) is 14.4 Å². The fourth-order valence-electron chi connectivity index (χ4n) is 2.22. The van der Waals surface area contributed by atoms with E-state index in [2.05, 4.69) is 21.3 Å². The van der Waals surface area contributed by atoms with Crippen molar-refractivity contribution in [1.82, 2.24) is 21.3 Å². The Hall–Kier alpha value is -2.20. The van der Waals surface area contributed by atoms with Gasteiger partial charge in [0.1, 0.15) is 6.04 Å². The van der Waals surface area contributed by atoms with Gasteiger partial charge >= 0.3 is 5.97 Å². The molecule has 4 atom stereocenters. The largest absolute Gasteiger partial charge is 0.480 e. The highest BCUT2D eigenvalue weighted by molar-refractivity contribution is 5.92. The third kappa shape index (κ3) is 6.13. The third-order valence-electron chi connectivity index (χ3n) is 3.62. The van der Waals surface area contributed by atoms with E-state index in [4.69, 9.17) is 5.11 Å². The van der Waals surface area contributed by atoms with E-state index in [1.807, 2.05) is 0 Å². The normalized spacial score (nSPS) is 20.5. The zero-order chi connectivity index (χ0) is 18.3. The molecule has 0 saturated carbocycles. The van der Waals surface area contributed by atoms with Crippen molar-refractivity contribution >= 4 is 23.7 Å². The van der Waals surface area contributed by atoms with Crippen LogP contribution in [-0.2, 0) is 19.2 Å². The molecule has 0 radical (unpaired) electrons. The molecule has 0 bridgehead atoms. The standard InChI is InChI=1S/C14H24N4O6/c1-7(17-13(22)9-4-3-5-15-9)12(21)16-6-10(20)18-11(8(2)19)14(23)24/h7-9,11,15,19H,3-6H2,1-2H3,(H,16,21)(H,17,22)(H,18,20)(H,23,24). The van der Waals surface area contributed by atoms with Gasteiger partial charge in [0.25, 0.3) is 0 Å². The molecule has 1 aliphatic heterocycles. The number of nitrogens with one attached hydrogen (secondary N) is 4. The average molecular weight is 344 g/mol. The average Bonchev–Trinajstić information content (AvgIpc) is 3.03. The zero-order valence-electron chi connectivity index (χ0n) is 13.7. The molecular weight excluding hydrogens is 320 g/mol.